The molecule has 2 unspecified atom stereocenters. The van der Waals surface area contributed by atoms with E-state index >= 15 is 0 Å². The van der Waals surface area contributed by atoms with Gasteiger partial charge < -0.3 is 9.31 Å². The SMILES string of the molecule is Cc1ccc(CC(Cl)B2OC3C[C@@H]4C[C@@H](C4(C)C)[C@]3(C)O2)cc1. The highest BCUT2D eigenvalue weighted by Gasteiger charge is 2.68. The van der Waals surface area contributed by atoms with Crippen LogP contribution in [0.25, 0.3) is 0 Å². The third-order valence-corrected chi connectivity index (χ3v) is 7.18. The normalized spacial score (nSPS) is 38.8. The average molecular weight is 333 g/mol. The van der Waals surface area contributed by atoms with Gasteiger partial charge in [0, 0.05) is 0 Å². The van der Waals surface area contributed by atoms with Crippen LogP contribution in [-0.2, 0) is 15.7 Å². The summed E-state index contributed by atoms with van der Waals surface area (Å²) in [4.78, 5) is 0. The first-order valence-electron chi connectivity index (χ1n) is 8.83. The predicted octanol–water partition coefficient (Wildman–Crippen LogP) is 4.41. The summed E-state index contributed by atoms with van der Waals surface area (Å²) in [5, 5.41) is -0.138. The standard InChI is InChI=1S/C19H26BClO2/c1-12-5-7-13(8-6-12)9-17(21)20-22-16-11-14-10-15(18(14,2)3)19(16,4)23-20/h5-8,14-17H,9-11H2,1-4H3/t14-,15-,16?,17?,19-/m0/s1. The Kier molecular flexibility index (Phi) is 3.65. The van der Waals surface area contributed by atoms with Gasteiger partial charge in [-0.25, -0.2) is 0 Å². The molecule has 1 heterocycles. The van der Waals surface area contributed by atoms with Gasteiger partial charge in [0.15, 0.2) is 0 Å². The van der Waals surface area contributed by atoms with Crippen molar-refractivity contribution < 1.29 is 9.31 Å². The molecule has 1 aromatic carbocycles. The summed E-state index contributed by atoms with van der Waals surface area (Å²) < 4.78 is 12.7. The number of rotatable bonds is 3. The maximum absolute atomic E-state index is 6.67. The van der Waals surface area contributed by atoms with E-state index in [9.17, 15) is 0 Å². The molecule has 0 spiro atoms. The molecule has 0 N–H and O–H groups in total. The zero-order chi connectivity index (χ0) is 16.4. The van der Waals surface area contributed by atoms with Crippen molar-refractivity contribution >= 4 is 18.7 Å². The molecule has 5 atom stereocenters. The Hall–Kier alpha value is -0.505. The summed E-state index contributed by atoms with van der Waals surface area (Å²) in [6.07, 6.45) is 3.39. The Labute approximate surface area is 145 Å². The summed E-state index contributed by atoms with van der Waals surface area (Å²) in [6, 6.07) is 8.56. The molecule has 0 aromatic heterocycles. The molecule has 2 bridgehead atoms. The molecule has 4 heteroatoms. The van der Waals surface area contributed by atoms with E-state index in [0.29, 0.717) is 11.3 Å². The van der Waals surface area contributed by atoms with Crippen LogP contribution in [0.4, 0.5) is 0 Å². The summed E-state index contributed by atoms with van der Waals surface area (Å²) in [5.74, 6) is 1.37. The molecular formula is C19H26BClO2. The molecule has 2 nitrogen and oxygen atoms in total. The van der Waals surface area contributed by atoms with Crippen molar-refractivity contribution in [2.75, 3.05) is 0 Å². The molecule has 3 saturated carbocycles. The smallest absolute Gasteiger partial charge is 0.404 e. The number of hydrogen-bond donors (Lipinski definition) is 0. The average Bonchev–Trinajstić information content (AvgIpc) is 2.86. The van der Waals surface area contributed by atoms with Crippen LogP contribution >= 0.6 is 11.6 Å². The van der Waals surface area contributed by atoms with Gasteiger partial charge in [0.2, 0.25) is 0 Å². The van der Waals surface area contributed by atoms with E-state index < -0.39 is 0 Å². The fraction of sp³-hybridized carbons (Fsp3) is 0.684. The number of alkyl halides is 1. The van der Waals surface area contributed by atoms with E-state index in [-0.39, 0.29) is 24.1 Å². The Balaban J connectivity index is 1.47. The molecule has 124 valence electrons. The summed E-state index contributed by atoms with van der Waals surface area (Å²) in [7, 11) is -0.289. The quantitative estimate of drug-likeness (QED) is 0.603. The first-order valence-corrected chi connectivity index (χ1v) is 9.27. The molecule has 1 saturated heterocycles. The second-order valence-electron chi connectivity index (χ2n) is 8.54. The fourth-order valence-electron chi connectivity index (χ4n) is 5.10. The van der Waals surface area contributed by atoms with Crippen LogP contribution in [0.2, 0.25) is 0 Å². The predicted molar refractivity (Wildman–Crippen MR) is 94.6 cm³/mol. The minimum Gasteiger partial charge on any atom is -0.404 e. The Morgan fingerprint density at radius 1 is 1.22 bits per heavy atom. The Morgan fingerprint density at radius 2 is 1.91 bits per heavy atom. The van der Waals surface area contributed by atoms with Crippen molar-refractivity contribution in [1.82, 2.24) is 0 Å². The summed E-state index contributed by atoms with van der Waals surface area (Å²) in [6.45, 7) is 9.11. The van der Waals surface area contributed by atoms with Gasteiger partial charge in [-0.1, -0.05) is 43.7 Å². The van der Waals surface area contributed by atoms with E-state index in [2.05, 4.69) is 52.0 Å². The van der Waals surface area contributed by atoms with E-state index in [1.165, 1.54) is 17.5 Å². The third-order valence-electron chi connectivity index (χ3n) is 6.82. The number of benzene rings is 1. The lowest BCUT2D eigenvalue weighted by molar-refractivity contribution is -0.199. The van der Waals surface area contributed by atoms with Gasteiger partial charge in [0.05, 0.1) is 17.0 Å². The molecule has 0 radical (unpaired) electrons. The molecule has 5 rings (SSSR count). The van der Waals surface area contributed by atoms with Crippen molar-refractivity contribution in [3.8, 4) is 0 Å². The van der Waals surface area contributed by atoms with Crippen molar-refractivity contribution in [1.29, 1.82) is 0 Å². The van der Waals surface area contributed by atoms with Crippen molar-refractivity contribution in [3.05, 3.63) is 35.4 Å². The second kappa shape index (κ2) is 5.24. The summed E-state index contributed by atoms with van der Waals surface area (Å²) >= 11 is 6.67. The second-order valence-corrected chi connectivity index (χ2v) is 9.10. The zero-order valence-corrected chi connectivity index (χ0v) is 15.3. The van der Waals surface area contributed by atoms with E-state index in [0.717, 1.165) is 18.8 Å². The van der Waals surface area contributed by atoms with Crippen LogP contribution in [-0.4, -0.2) is 24.1 Å². The fourth-order valence-corrected chi connectivity index (χ4v) is 5.39. The van der Waals surface area contributed by atoms with Crippen LogP contribution in [0, 0.1) is 24.2 Å². The van der Waals surface area contributed by atoms with Gasteiger partial charge >= 0.3 is 7.12 Å². The van der Waals surface area contributed by atoms with Crippen LogP contribution in [0.5, 0.6) is 0 Å². The molecule has 4 fully saturated rings. The van der Waals surface area contributed by atoms with Crippen LogP contribution in [0.1, 0.15) is 44.7 Å². The van der Waals surface area contributed by atoms with Crippen molar-refractivity contribution in [2.24, 2.45) is 17.3 Å². The number of hydrogen-bond acceptors (Lipinski definition) is 2. The molecule has 3 aliphatic carbocycles. The lowest BCUT2D eigenvalue weighted by Crippen LogP contribution is -2.65. The Bertz CT molecular complexity index is 602. The topological polar surface area (TPSA) is 18.5 Å². The minimum absolute atomic E-state index is 0.138. The van der Waals surface area contributed by atoms with Gasteiger partial charge in [-0.2, -0.15) is 0 Å². The first kappa shape index (κ1) is 16.0. The lowest BCUT2D eigenvalue weighted by Gasteiger charge is -2.64. The van der Waals surface area contributed by atoms with Crippen molar-refractivity contribution in [3.63, 3.8) is 0 Å². The highest BCUT2D eigenvalue weighted by atomic mass is 35.5. The van der Waals surface area contributed by atoms with Crippen LogP contribution in [0.3, 0.4) is 0 Å². The number of halogens is 1. The van der Waals surface area contributed by atoms with Crippen LogP contribution in [0.15, 0.2) is 24.3 Å². The van der Waals surface area contributed by atoms with Gasteiger partial charge in [-0.05, 0) is 55.9 Å². The minimum atomic E-state index is -0.289. The van der Waals surface area contributed by atoms with Gasteiger partial charge in [-0.15, -0.1) is 11.6 Å². The molecule has 23 heavy (non-hydrogen) atoms. The molecule has 1 aliphatic heterocycles. The van der Waals surface area contributed by atoms with E-state index in [1.54, 1.807) is 0 Å². The molecular weight excluding hydrogens is 306 g/mol. The molecule has 0 amide bonds. The lowest BCUT2D eigenvalue weighted by atomic mass is 9.43. The monoisotopic (exact) mass is 332 g/mol. The molecule has 1 aromatic rings. The van der Waals surface area contributed by atoms with E-state index in [1.807, 2.05) is 0 Å². The highest BCUT2D eigenvalue weighted by Crippen LogP contribution is 2.65. The van der Waals surface area contributed by atoms with Crippen molar-refractivity contribution in [2.45, 2.75) is 63.9 Å². The Morgan fingerprint density at radius 3 is 2.57 bits per heavy atom. The zero-order valence-electron chi connectivity index (χ0n) is 14.5. The maximum atomic E-state index is 6.67. The molecule has 4 aliphatic rings. The van der Waals surface area contributed by atoms with Gasteiger partial charge in [0.1, 0.15) is 0 Å². The number of aryl methyl sites for hydroxylation is 1. The van der Waals surface area contributed by atoms with E-state index in [4.69, 9.17) is 20.9 Å². The third kappa shape index (κ3) is 2.39. The van der Waals surface area contributed by atoms with Gasteiger partial charge in [-0.3, -0.25) is 0 Å². The first-order chi connectivity index (χ1) is 10.8. The van der Waals surface area contributed by atoms with Gasteiger partial charge in [0.25, 0.3) is 0 Å². The van der Waals surface area contributed by atoms with Crippen LogP contribution < -0.4 is 0 Å². The largest absolute Gasteiger partial charge is 0.477 e. The highest BCUT2D eigenvalue weighted by molar-refractivity contribution is 6.60. The summed E-state index contributed by atoms with van der Waals surface area (Å²) in [5.41, 5.74) is 2.73. The maximum Gasteiger partial charge on any atom is 0.477 e.